The van der Waals surface area contributed by atoms with Gasteiger partial charge in [-0.2, -0.15) is 0 Å². The average molecular weight is 272 g/mol. The third-order valence-electron chi connectivity index (χ3n) is 2.64. The van der Waals surface area contributed by atoms with Crippen molar-refractivity contribution in [2.75, 3.05) is 44.9 Å². The summed E-state index contributed by atoms with van der Waals surface area (Å²) in [6, 6.07) is 0.478. The van der Waals surface area contributed by atoms with Crippen molar-refractivity contribution in [3.63, 3.8) is 0 Å². The van der Waals surface area contributed by atoms with Gasteiger partial charge in [0.2, 0.25) is 5.89 Å². The number of aromatic nitrogens is 2. The molecule has 0 unspecified atom stereocenters. The molecule has 7 heteroatoms. The van der Waals surface area contributed by atoms with E-state index < -0.39 is 0 Å². The second kappa shape index (κ2) is 9.71. The van der Waals surface area contributed by atoms with E-state index in [4.69, 9.17) is 14.3 Å². The molecule has 1 aromatic heterocycles. The number of nitrogens with one attached hydrogen (secondary N) is 1. The van der Waals surface area contributed by atoms with Crippen molar-refractivity contribution in [2.24, 2.45) is 0 Å². The van der Waals surface area contributed by atoms with Crippen molar-refractivity contribution in [1.29, 1.82) is 0 Å². The van der Waals surface area contributed by atoms with Gasteiger partial charge in [0.05, 0.1) is 19.8 Å². The minimum atomic E-state index is 0.0769. The summed E-state index contributed by atoms with van der Waals surface area (Å²) in [5.41, 5.74) is 0. The first-order valence-electron chi connectivity index (χ1n) is 6.69. The first-order valence-corrected chi connectivity index (χ1v) is 6.69. The lowest BCUT2D eigenvalue weighted by Crippen LogP contribution is -2.28. The van der Waals surface area contributed by atoms with Gasteiger partial charge in [-0.25, -0.2) is 0 Å². The average Bonchev–Trinajstić information content (AvgIpc) is 2.88. The van der Waals surface area contributed by atoms with Gasteiger partial charge in [-0.1, -0.05) is 18.4 Å². The molecule has 0 saturated heterocycles. The van der Waals surface area contributed by atoms with Crippen LogP contribution < -0.4 is 10.2 Å². The molecule has 0 atom stereocenters. The molecule has 2 N–H and O–H groups in total. The monoisotopic (exact) mass is 272 g/mol. The molecule has 0 aliphatic heterocycles. The summed E-state index contributed by atoms with van der Waals surface area (Å²) in [5, 5.41) is 20.2. The van der Waals surface area contributed by atoms with E-state index in [0.717, 1.165) is 25.9 Å². The lowest BCUT2D eigenvalue weighted by Gasteiger charge is -2.18. The predicted molar refractivity (Wildman–Crippen MR) is 72.1 cm³/mol. The summed E-state index contributed by atoms with van der Waals surface area (Å²) < 4.78 is 10.5. The molecule has 1 heterocycles. The Hall–Kier alpha value is -1.18. The first-order chi connectivity index (χ1) is 9.31. The lowest BCUT2D eigenvalue weighted by molar-refractivity contribution is 0.198. The van der Waals surface area contributed by atoms with Crippen molar-refractivity contribution in [1.82, 2.24) is 15.5 Å². The molecule has 0 radical (unpaired) electrons. The van der Waals surface area contributed by atoms with Gasteiger partial charge >= 0.3 is 6.01 Å². The molecule has 1 rings (SSSR count). The zero-order chi connectivity index (χ0) is 13.9. The highest BCUT2D eigenvalue weighted by Gasteiger charge is 2.13. The van der Waals surface area contributed by atoms with Crippen molar-refractivity contribution in [3.8, 4) is 0 Å². The quantitative estimate of drug-likeness (QED) is 0.564. The van der Waals surface area contributed by atoms with Gasteiger partial charge in [0.15, 0.2) is 0 Å². The molecule has 0 saturated carbocycles. The maximum absolute atomic E-state index is 9.05. The van der Waals surface area contributed by atoms with Crippen molar-refractivity contribution in [3.05, 3.63) is 5.89 Å². The van der Waals surface area contributed by atoms with Crippen molar-refractivity contribution < 1.29 is 14.3 Å². The highest BCUT2D eigenvalue weighted by atomic mass is 16.5. The zero-order valence-electron chi connectivity index (χ0n) is 11.8. The van der Waals surface area contributed by atoms with Gasteiger partial charge in [0.25, 0.3) is 0 Å². The molecule has 0 fully saturated rings. The number of hydrogen-bond donors (Lipinski definition) is 2. The van der Waals surface area contributed by atoms with E-state index in [0.29, 0.717) is 31.6 Å². The largest absolute Gasteiger partial charge is 0.407 e. The van der Waals surface area contributed by atoms with E-state index in [1.807, 2.05) is 4.90 Å². The Morgan fingerprint density at radius 2 is 2.21 bits per heavy atom. The molecule has 0 aromatic carbocycles. The normalized spacial score (nSPS) is 10.9. The van der Waals surface area contributed by atoms with Gasteiger partial charge in [-0.05, 0) is 6.42 Å². The molecule has 7 nitrogen and oxygen atoms in total. The zero-order valence-corrected chi connectivity index (χ0v) is 11.8. The molecular formula is C12H24N4O3. The maximum Gasteiger partial charge on any atom is 0.318 e. The van der Waals surface area contributed by atoms with Crippen LogP contribution in [0.4, 0.5) is 6.01 Å². The van der Waals surface area contributed by atoms with Crippen molar-refractivity contribution >= 4 is 6.01 Å². The van der Waals surface area contributed by atoms with E-state index in [1.165, 1.54) is 0 Å². The van der Waals surface area contributed by atoms with Gasteiger partial charge in [0, 0.05) is 26.7 Å². The number of nitrogens with zero attached hydrogens (tertiary/aromatic N) is 3. The molecule has 0 amide bonds. The van der Waals surface area contributed by atoms with Gasteiger partial charge in [0.1, 0.15) is 0 Å². The fraction of sp³-hybridized carbons (Fsp3) is 0.833. The first kappa shape index (κ1) is 15.9. The molecule has 0 spiro atoms. The maximum atomic E-state index is 9.05. The molecular weight excluding hydrogens is 248 g/mol. The highest BCUT2D eigenvalue weighted by molar-refractivity contribution is 5.23. The Labute approximate surface area is 114 Å². The minimum absolute atomic E-state index is 0.0769. The summed E-state index contributed by atoms with van der Waals surface area (Å²) in [6.07, 6.45) is 2.12. The number of methoxy groups -OCH3 is 1. The number of rotatable bonds is 11. The van der Waals surface area contributed by atoms with Crippen LogP contribution in [0.5, 0.6) is 0 Å². The van der Waals surface area contributed by atoms with Crippen LogP contribution in [0.3, 0.4) is 0 Å². The molecule has 0 aliphatic carbocycles. The Bertz CT molecular complexity index is 333. The van der Waals surface area contributed by atoms with Crippen LogP contribution in [-0.4, -0.2) is 55.3 Å². The smallest absolute Gasteiger partial charge is 0.318 e. The van der Waals surface area contributed by atoms with Crippen LogP contribution >= 0.6 is 0 Å². The summed E-state index contributed by atoms with van der Waals surface area (Å²) in [4.78, 5) is 1.91. The summed E-state index contributed by atoms with van der Waals surface area (Å²) in [7, 11) is 1.66. The topological polar surface area (TPSA) is 83.7 Å². The van der Waals surface area contributed by atoms with E-state index in [-0.39, 0.29) is 6.61 Å². The fourth-order valence-electron chi connectivity index (χ4n) is 1.59. The second-order valence-electron chi connectivity index (χ2n) is 4.21. The predicted octanol–water partition coefficient (Wildman–Crippen LogP) is 0.404. The van der Waals surface area contributed by atoms with E-state index in [9.17, 15) is 0 Å². The fourth-order valence-corrected chi connectivity index (χ4v) is 1.59. The summed E-state index contributed by atoms with van der Waals surface area (Å²) >= 11 is 0. The van der Waals surface area contributed by atoms with Crippen LogP contribution in [0.25, 0.3) is 0 Å². The summed E-state index contributed by atoms with van der Waals surface area (Å²) in [6.45, 7) is 5.44. The van der Waals surface area contributed by atoms with Crippen LogP contribution in [0.15, 0.2) is 4.42 Å². The third kappa shape index (κ3) is 6.00. The van der Waals surface area contributed by atoms with E-state index in [2.05, 4.69) is 22.4 Å². The number of unbranched alkanes of at least 4 members (excludes halogenated alkanes) is 1. The van der Waals surface area contributed by atoms with Gasteiger partial charge in [-0.3, -0.25) is 0 Å². The van der Waals surface area contributed by atoms with Crippen molar-refractivity contribution in [2.45, 2.75) is 26.3 Å². The Kier molecular flexibility index (Phi) is 8.11. The Morgan fingerprint density at radius 3 is 2.89 bits per heavy atom. The number of aliphatic hydroxyl groups is 1. The number of ether oxygens (including phenoxy) is 1. The lowest BCUT2D eigenvalue weighted by atomic mass is 10.3. The third-order valence-corrected chi connectivity index (χ3v) is 2.64. The standard InChI is InChI=1S/C12H24N4O3/c1-3-4-6-16(7-8-17)12-15-14-11(19-12)10-13-5-9-18-2/h13,17H,3-10H2,1-2H3. The van der Waals surface area contributed by atoms with Crippen LogP contribution in [0, 0.1) is 0 Å². The van der Waals surface area contributed by atoms with Crippen LogP contribution in [-0.2, 0) is 11.3 Å². The molecule has 0 aliphatic rings. The molecule has 1 aromatic rings. The van der Waals surface area contributed by atoms with E-state index >= 15 is 0 Å². The van der Waals surface area contributed by atoms with E-state index in [1.54, 1.807) is 7.11 Å². The van der Waals surface area contributed by atoms with Gasteiger partial charge < -0.3 is 24.5 Å². The van der Waals surface area contributed by atoms with Gasteiger partial charge in [-0.15, -0.1) is 5.10 Å². The Balaban J connectivity index is 2.44. The van der Waals surface area contributed by atoms with Crippen LogP contribution in [0.1, 0.15) is 25.7 Å². The molecule has 0 bridgehead atoms. The molecule has 110 valence electrons. The number of anilines is 1. The number of hydrogen-bond acceptors (Lipinski definition) is 7. The highest BCUT2D eigenvalue weighted by Crippen LogP contribution is 2.12. The SMILES string of the molecule is CCCCN(CCO)c1nnc(CNCCOC)o1. The number of aliphatic hydroxyl groups excluding tert-OH is 1. The minimum Gasteiger partial charge on any atom is -0.407 e. The Morgan fingerprint density at radius 1 is 1.37 bits per heavy atom. The van der Waals surface area contributed by atoms with Crippen LogP contribution in [0.2, 0.25) is 0 Å². The summed E-state index contributed by atoms with van der Waals surface area (Å²) in [5.74, 6) is 0.547. The second-order valence-corrected chi connectivity index (χ2v) is 4.21. The molecule has 19 heavy (non-hydrogen) atoms.